The van der Waals surface area contributed by atoms with Gasteiger partial charge in [0.2, 0.25) is 0 Å². The number of hydrogen-bond acceptors (Lipinski definition) is 6. The fraction of sp³-hybridized carbons (Fsp3) is 0.200. The summed E-state index contributed by atoms with van der Waals surface area (Å²) >= 11 is 7.63. The Morgan fingerprint density at radius 1 is 1.07 bits per heavy atom. The summed E-state index contributed by atoms with van der Waals surface area (Å²) in [6, 6.07) is 14.6. The van der Waals surface area contributed by atoms with Crippen molar-refractivity contribution in [2.45, 2.75) is 13.5 Å². The van der Waals surface area contributed by atoms with E-state index < -0.39 is 5.97 Å². The monoisotopic (exact) mass is 403 g/mol. The lowest BCUT2D eigenvalue weighted by Gasteiger charge is -2.07. The zero-order chi connectivity index (χ0) is 19.1. The Morgan fingerprint density at radius 2 is 1.78 bits per heavy atom. The van der Waals surface area contributed by atoms with E-state index in [9.17, 15) is 4.79 Å². The quantitative estimate of drug-likeness (QED) is 0.496. The topological polar surface area (TPSA) is 57.7 Å². The molecule has 0 aliphatic carbocycles. The van der Waals surface area contributed by atoms with Crippen molar-refractivity contribution >= 4 is 28.9 Å². The summed E-state index contributed by atoms with van der Waals surface area (Å²) in [6.45, 7) is 2.43. The van der Waals surface area contributed by atoms with Crippen LogP contribution in [-0.4, -0.2) is 24.2 Å². The lowest BCUT2D eigenvalue weighted by atomic mass is 10.2. The minimum atomic E-state index is -0.462. The second kappa shape index (κ2) is 9.39. The number of carbonyl (C=O) groups is 1. The van der Waals surface area contributed by atoms with Crippen molar-refractivity contribution in [2.24, 2.45) is 0 Å². The highest BCUT2D eigenvalue weighted by Crippen LogP contribution is 2.30. The number of hydrogen-bond donors (Lipinski definition) is 0. The molecule has 2 aromatic carbocycles. The maximum atomic E-state index is 11.9. The molecule has 0 atom stereocenters. The standard InChI is InChI=1S/C20H18ClNO4S/c1-2-24-15-7-9-16(10-8-15)25-12-19(23)26-11-14-13-27-20(22-14)17-5-3-4-6-18(17)21/h3-10,13H,2,11-12H2,1H3. The molecule has 1 heterocycles. The van der Waals surface area contributed by atoms with Gasteiger partial charge in [0.1, 0.15) is 23.1 Å². The van der Waals surface area contributed by atoms with E-state index in [1.54, 1.807) is 24.3 Å². The maximum absolute atomic E-state index is 11.9. The molecule has 1 aromatic heterocycles. The lowest BCUT2D eigenvalue weighted by molar-refractivity contribution is -0.147. The van der Waals surface area contributed by atoms with Crippen LogP contribution in [-0.2, 0) is 16.1 Å². The van der Waals surface area contributed by atoms with Crippen LogP contribution in [0.25, 0.3) is 10.6 Å². The first-order valence-corrected chi connectivity index (χ1v) is 9.62. The normalized spacial score (nSPS) is 10.4. The summed E-state index contributed by atoms with van der Waals surface area (Å²) in [5.74, 6) is 0.867. The number of esters is 1. The first kappa shape index (κ1) is 19.2. The van der Waals surface area contributed by atoms with E-state index >= 15 is 0 Å². The van der Waals surface area contributed by atoms with Crippen LogP contribution in [0.5, 0.6) is 11.5 Å². The van der Waals surface area contributed by atoms with E-state index in [1.807, 2.05) is 36.6 Å². The van der Waals surface area contributed by atoms with Crippen LogP contribution in [0.4, 0.5) is 0 Å². The maximum Gasteiger partial charge on any atom is 0.344 e. The van der Waals surface area contributed by atoms with E-state index in [1.165, 1.54) is 11.3 Å². The third kappa shape index (κ3) is 5.45. The molecule has 0 saturated carbocycles. The zero-order valence-corrected chi connectivity index (χ0v) is 16.3. The van der Waals surface area contributed by atoms with Crippen LogP contribution in [0.2, 0.25) is 5.02 Å². The van der Waals surface area contributed by atoms with Gasteiger partial charge in [-0.05, 0) is 37.3 Å². The smallest absolute Gasteiger partial charge is 0.344 e. The molecule has 0 bridgehead atoms. The number of halogens is 1. The van der Waals surface area contributed by atoms with Crippen LogP contribution >= 0.6 is 22.9 Å². The molecule has 0 radical (unpaired) electrons. The van der Waals surface area contributed by atoms with Crippen LogP contribution in [0.1, 0.15) is 12.6 Å². The number of thiazole rings is 1. The summed E-state index contributed by atoms with van der Waals surface area (Å²) in [6.07, 6.45) is 0. The largest absolute Gasteiger partial charge is 0.494 e. The lowest BCUT2D eigenvalue weighted by Crippen LogP contribution is -2.14. The molecular weight excluding hydrogens is 386 g/mol. The van der Waals surface area contributed by atoms with E-state index in [4.69, 9.17) is 25.8 Å². The predicted octanol–water partition coefficient (Wildman–Crippen LogP) is 4.98. The molecular formula is C20H18ClNO4S. The van der Waals surface area contributed by atoms with Crippen LogP contribution < -0.4 is 9.47 Å². The molecule has 0 fully saturated rings. The first-order chi connectivity index (χ1) is 13.2. The van der Waals surface area contributed by atoms with Crippen molar-refractivity contribution in [1.29, 1.82) is 0 Å². The number of nitrogens with zero attached hydrogens (tertiary/aromatic N) is 1. The second-order valence-corrected chi connectivity index (χ2v) is 6.74. The number of ether oxygens (including phenoxy) is 3. The van der Waals surface area contributed by atoms with Gasteiger partial charge in [-0.3, -0.25) is 0 Å². The van der Waals surface area contributed by atoms with Crippen molar-refractivity contribution in [3.63, 3.8) is 0 Å². The van der Waals surface area contributed by atoms with Gasteiger partial charge in [0, 0.05) is 10.9 Å². The van der Waals surface area contributed by atoms with Crippen molar-refractivity contribution < 1.29 is 19.0 Å². The molecule has 7 heteroatoms. The van der Waals surface area contributed by atoms with Crippen molar-refractivity contribution in [2.75, 3.05) is 13.2 Å². The van der Waals surface area contributed by atoms with E-state index in [0.717, 1.165) is 16.3 Å². The SMILES string of the molecule is CCOc1ccc(OCC(=O)OCc2csc(-c3ccccc3Cl)n2)cc1. The van der Waals surface area contributed by atoms with Gasteiger partial charge in [0.25, 0.3) is 0 Å². The van der Waals surface area contributed by atoms with Crippen LogP contribution in [0.15, 0.2) is 53.9 Å². The Morgan fingerprint density at radius 3 is 2.48 bits per heavy atom. The molecule has 27 heavy (non-hydrogen) atoms. The summed E-state index contributed by atoms with van der Waals surface area (Å²) < 4.78 is 16.0. The number of rotatable bonds is 8. The molecule has 0 aliphatic heterocycles. The fourth-order valence-corrected chi connectivity index (χ4v) is 3.39. The molecule has 0 spiro atoms. The third-order valence-corrected chi connectivity index (χ3v) is 4.78. The summed E-state index contributed by atoms with van der Waals surface area (Å²) in [5, 5.41) is 3.27. The second-order valence-electron chi connectivity index (χ2n) is 5.48. The Labute approximate surface area is 166 Å². The van der Waals surface area contributed by atoms with Gasteiger partial charge in [-0.2, -0.15) is 0 Å². The van der Waals surface area contributed by atoms with Gasteiger partial charge >= 0.3 is 5.97 Å². The average Bonchev–Trinajstić information content (AvgIpc) is 3.15. The number of benzene rings is 2. The highest BCUT2D eigenvalue weighted by Gasteiger charge is 2.10. The number of carbonyl (C=O) groups excluding carboxylic acids is 1. The van der Waals surface area contributed by atoms with Gasteiger partial charge in [-0.15, -0.1) is 11.3 Å². The van der Waals surface area contributed by atoms with E-state index in [0.29, 0.717) is 23.1 Å². The first-order valence-electron chi connectivity index (χ1n) is 8.36. The van der Waals surface area contributed by atoms with E-state index in [-0.39, 0.29) is 13.2 Å². The third-order valence-electron chi connectivity index (χ3n) is 3.53. The summed E-state index contributed by atoms with van der Waals surface area (Å²) in [4.78, 5) is 16.3. The molecule has 0 saturated heterocycles. The highest BCUT2D eigenvalue weighted by molar-refractivity contribution is 7.13. The highest BCUT2D eigenvalue weighted by atomic mass is 35.5. The van der Waals surface area contributed by atoms with Gasteiger partial charge in [-0.25, -0.2) is 9.78 Å². The molecule has 5 nitrogen and oxygen atoms in total. The Bertz CT molecular complexity index is 895. The van der Waals surface area contributed by atoms with Crippen LogP contribution in [0.3, 0.4) is 0 Å². The number of aromatic nitrogens is 1. The van der Waals surface area contributed by atoms with Gasteiger partial charge < -0.3 is 14.2 Å². The molecule has 0 amide bonds. The molecule has 0 N–H and O–H groups in total. The van der Waals surface area contributed by atoms with Crippen LogP contribution in [0, 0.1) is 0 Å². The molecule has 3 aromatic rings. The van der Waals surface area contributed by atoms with Crippen molar-refractivity contribution in [1.82, 2.24) is 4.98 Å². The van der Waals surface area contributed by atoms with Gasteiger partial charge in [0.05, 0.1) is 17.3 Å². The molecule has 0 aliphatic rings. The van der Waals surface area contributed by atoms with Gasteiger partial charge in [0.15, 0.2) is 6.61 Å². The molecule has 3 rings (SSSR count). The van der Waals surface area contributed by atoms with Gasteiger partial charge in [-0.1, -0.05) is 29.8 Å². The Balaban J connectivity index is 1.47. The average molecular weight is 404 g/mol. The summed E-state index contributed by atoms with van der Waals surface area (Å²) in [7, 11) is 0. The minimum absolute atomic E-state index is 0.0897. The predicted molar refractivity (Wildman–Crippen MR) is 105 cm³/mol. The minimum Gasteiger partial charge on any atom is -0.494 e. The van der Waals surface area contributed by atoms with E-state index in [2.05, 4.69) is 4.98 Å². The Hall–Kier alpha value is -2.57. The van der Waals surface area contributed by atoms with Crippen molar-refractivity contribution in [3.8, 4) is 22.1 Å². The Kier molecular flexibility index (Phi) is 6.68. The fourth-order valence-electron chi connectivity index (χ4n) is 2.27. The molecule has 140 valence electrons. The zero-order valence-electron chi connectivity index (χ0n) is 14.7. The van der Waals surface area contributed by atoms with Crippen molar-refractivity contribution in [3.05, 3.63) is 64.6 Å². The molecule has 0 unspecified atom stereocenters. The summed E-state index contributed by atoms with van der Waals surface area (Å²) in [5.41, 5.74) is 1.53.